The molecule has 4 atom stereocenters. The van der Waals surface area contributed by atoms with Gasteiger partial charge in [0.05, 0.1) is 35.5 Å². The number of carbonyl (C=O) groups excluding carboxylic acids is 1. The molecule has 196 valence electrons. The number of nitrogens with one attached hydrogen (secondary N) is 5. The second kappa shape index (κ2) is 10.2. The zero-order valence-electron chi connectivity index (χ0n) is 21.3. The van der Waals surface area contributed by atoms with E-state index in [0.29, 0.717) is 12.2 Å². The Morgan fingerprint density at radius 1 is 1.13 bits per heavy atom. The number of hydrogen-bond acceptors (Lipinski definition) is 7. The van der Waals surface area contributed by atoms with Crippen molar-refractivity contribution < 1.29 is 9.18 Å². The Morgan fingerprint density at radius 3 is 2.84 bits per heavy atom. The molecule has 2 aromatic carbocycles. The van der Waals surface area contributed by atoms with Crippen LogP contribution in [0.25, 0.3) is 22.2 Å². The molecule has 2 fully saturated rings. The van der Waals surface area contributed by atoms with Gasteiger partial charge in [-0.15, -0.1) is 0 Å². The molecule has 0 bridgehead atoms. The summed E-state index contributed by atoms with van der Waals surface area (Å²) < 4.78 is 13.9. The first-order valence-corrected chi connectivity index (χ1v) is 12.8. The van der Waals surface area contributed by atoms with E-state index in [2.05, 4.69) is 31.5 Å². The third-order valence-corrected chi connectivity index (χ3v) is 7.33. The van der Waals surface area contributed by atoms with Gasteiger partial charge < -0.3 is 20.5 Å². The molecule has 9 nitrogen and oxygen atoms in total. The van der Waals surface area contributed by atoms with Crippen LogP contribution in [0.3, 0.4) is 0 Å². The van der Waals surface area contributed by atoms with Gasteiger partial charge >= 0.3 is 0 Å². The Labute approximate surface area is 220 Å². The van der Waals surface area contributed by atoms with Crippen molar-refractivity contribution in [1.29, 1.82) is 0 Å². The topological polar surface area (TPSA) is 110 Å². The summed E-state index contributed by atoms with van der Waals surface area (Å²) in [4.78, 5) is 26.9. The number of hydrogen-bond donors (Lipinski definition) is 5. The van der Waals surface area contributed by atoms with Gasteiger partial charge in [0, 0.05) is 36.3 Å². The first-order chi connectivity index (χ1) is 18.4. The average molecular weight is 515 g/mol. The molecule has 38 heavy (non-hydrogen) atoms. The fourth-order valence-corrected chi connectivity index (χ4v) is 5.59. The highest BCUT2D eigenvalue weighted by Crippen LogP contribution is 2.39. The number of benzene rings is 2. The van der Waals surface area contributed by atoms with Crippen LogP contribution in [0.5, 0.6) is 0 Å². The summed E-state index contributed by atoms with van der Waals surface area (Å²) in [5, 5.41) is 6.56. The number of amides is 1. The van der Waals surface area contributed by atoms with Crippen LogP contribution in [-0.2, 0) is 4.79 Å². The number of hydrazine groups is 1. The summed E-state index contributed by atoms with van der Waals surface area (Å²) in [7, 11) is 3.72. The number of H-pyrrole nitrogens is 1. The molecule has 5 N–H and O–H groups in total. The monoisotopic (exact) mass is 514 g/mol. The Kier molecular flexibility index (Phi) is 6.62. The molecule has 2 saturated heterocycles. The third kappa shape index (κ3) is 4.91. The number of halogens is 1. The van der Waals surface area contributed by atoms with Gasteiger partial charge in [-0.05, 0) is 55.9 Å². The number of imidazole rings is 1. The number of carbonyl (C=O) groups is 1. The Balaban J connectivity index is 1.24. The van der Waals surface area contributed by atoms with E-state index in [-0.39, 0.29) is 35.8 Å². The van der Waals surface area contributed by atoms with E-state index >= 15 is 0 Å². The van der Waals surface area contributed by atoms with E-state index in [9.17, 15) is 9.18 Å². The highest BCUT2D eigenvalue weighted by Gasteiger charge is 2.42. The lowest BCUT2D eigenvalue weighted by atomic mass is 9.82. The quantitative estimate of drug-likeness (QED) is 0.269. The Hall–Kier alpha value is -3.70. The summed E-state index contributed by atoms with van der Waals surface area (Å²) in [5.74, 6) is 0.785. The van der Waals surface area contributed by atoms with Crippen molar-refractivity contribution in [3.05, 3.63) is 78.1 Å². The Bertz CT molecular complexity index is 1470. The lowest BCUT2D eigenvalue weighted by Gasteiger charge is -2.34. The number of rotatable bonds is 6. The van der Waals surface area contributed by atoms with Crippen LogP contribution in [0.1, 0.15) is 29.9 Å². The van der Waals surface area contributed by atoms with Crippen LogP contribution >= 0.6 is 0 Å². The minimum Gasteiger partial charge on any atom is -0.341 e. The molecule has 10 heteroatoms. The van der Waals surface area contributed by atoms with Crippen molar-refractivity contribution >= 4 is 22.6 Å². The van der Waals surface area contributed by atoms with Crippen molar-refractivity contribution in [2.45, 2.75) is 24.5 Å². The second-order valence-corrected chi connectivity index (χ2v) is 10.4. The molecule has 2 aromatic heterocycles. The Morgan fingerprint density at radius 2 is 2.00 bits per heavy atom. The summed E-state index contributed by atoms with van der Waals surface area (Å²) in [5.41, 5.74) is 12.1. The molecular weight excluding hydrogens is 483 g/mol. The highest BCUT2D eigenvalue weighted by molar-refractivity contribution is 5.92. The van der Waals surface area contributed by atoms with E-state index in [4.69, 9.17) is 4.98 Å². The second-order valence-electron chi connectivity index (χ2n) is 10.4. The van der Waals surface area contributed by atoms with Crippen molar-refractivity contribution in [3.63, 3.8) is 0 Å². The predicted molar refractivity (Wildman–Crippen MR) is 145 cm³/mol. The lowest BCUT2D eigenvalue weighted by Crippen LogP contribution is -2.46. The molecule has 0 saturated carbocycles. The molecule has 0 radical (unpaired) electrons. The lowest BCUT2D eigenvalue weighted by molar-refractivity contribution is -0.116. The highest BCUT2D eigenvalue weighted by atomic mass is 19.1. The number of piperidine rings is 1. The predicted octanol–water partition coefficient (Wildman–Crippen LogP) is 3.13. The van der Waals surface area contributed by atoms with Gasteiger partial charge in [-0.3, -0.25) is 15.2 Å². The summed E-state index contributed by atoms with van der Waals surface area (Å²) >= 11 is 0. The minimum atomic E-state index is -0.267. The maximum atomic E-state index is 13.9. The normalized spacial score (nSPS) is 23.1. The van der Waals surface area contributed by atoms with E-state index in [1.54, 1.807) is 12.3 Å². The average Bonchev–Trinajstić information content (AvgIpc) is 3.52. The molecule has 6 rings (SSSR count). The van der Waals surface area contributed by atoms with Gasteiger partial charge in [0.25, 0.3) is 0 Å². The maximum absolute atomic E-state index is 13.9. The first-order valence-electron chi connectivity index (χ1n) is 12.8. The molecule has 2 aliphatic heterocycles. The fraction of sp³-hybridized carbons (Fsp3) is 0.321. The number of aromatic amines is 1. The number of aromatic nitrogens is 3. The van der Waals surface area contributed by atoms with Crippen LogP contribution in [0.4, 0.5) is 10.1 Å². The summed E-state index contributed by atoms with van der Waals surface area (Å²) in [6, 6.07) is 14.9. The molecule has 4 aromatic rings. The SMILES string of the molecule is CN(C)CC(=O)Nc1cncc(C2CC3C(CN2)NNC3c2nc3c(-c4cccc(F)c4)cccc3[nH]2)c1. The van der Waals surface area contributed by atoms with Crippen molar-refractivity contribution in [2.75, 3.05) is 32.5 Å². The van der Waals surface area contributed by atoms with Crippen LogP contribution < -0.4 is 21.5 Å². The van der Waals surface area contributed by atoms with Crippen molar-refractivity contribution in [2.24, 2.45) is 5.92 Å². The number of pyridine rings is 1. The molecule has 2 aliphatic rings. The zero-order chi connectivity index (χ0) is 26.2. The molecule has 4 heterocycles. The minimum absolute atomic E-state index is 0.0201. The number of para-hydroxylation sites is 1. The zero-order valence-corrected chi connectivity index (χ0v) is 21.3. The van der Waals surface area contributed by atoms with Crippen molar-refractivity contribution in [1.82, 2.24) is 36.0 Å². The van der Waals surface area contributed by atoms with Crippen molar-refractivity contribution in [3.8, 4) is 11.1 Å². The summed E-state index contributed by atoms with van der Waals surface area (Å²) in [6.07, 6.45) is 4.39. The first kappa shape index (κ1) is 24.6. The van der Waals surface area contributed by atoms with Gasteiger partial charge in [0.1, 0.15) is 11.6 Å². The summed E-state index contributed by atoms with van der Waals surface area (Å²) in [6.45, 7) is 1.10. The number of likely N-dealkylation sites (N-methyl/N-ethyl adjacent to an activating group) is 1. The van der Waals surface area contributed by atoms with Crippen LogP contribution in [0.15, 0.2) is 60.9 Å². The molecule has 4 unspecified atom stereocenters. The van der Waals surface area contributed by atoms with Gasteiger partial charge in [-0.1, -0.05) is 24.3 Å². The largest absolute Gasteiger partial charge is 0.341 e. The van der Waals surface area contributed by atoms with E-state index in [1.165, 1.54) is 12.1 Å². The molecular formula is C28H31FN8O. The number of fused-ring (bicyclic) bond motifs is 2. The molecule has 0 aliphatic carbocycles. The molecule has 1 amide bonds. The van der Waals surface area contributed by atoms with Crippen LogP contribution in [0, 0.1) is 11.7 Å². The van der Waals surface area contributed by atoms with E-state index in [1.807, 2.05) is 55.5 Å². The fourth-order valence-electron chi connectivity index (χ4n) is 5.59. The van der Waals surface area contributed by atoms with Gasteiger partial charge in [-0.2, -0.15) is 0 Å². The van der Waals surface area contributed by atoms with E-state index in [0.717, 1.165) is 46.5 Å². The smallest absolute Gasteiger partial charge is 0.238 e. The third-order valence-electron chi connectivity index (χ3n) is 7.33. The van der Waals surface area contributed by atoms with Crippen LogP contribution in [0.2, 0.25) is 0 Å². The number of nitrogens with zero attached hydrogens (tertiary/aromatic N) is 3. The van der Waals surface area contributed by atoms with E-state index < -0.39 is 0 Å². The van der Waals surface area contributed by atoms with Gasteiger partial charge in [0.15, 0.2) is 0 Å². The maximum Gasteiger partial charge on any atom is 0.238 e. The van der Waals surface area contributed by atoms with Gasteiger partial charge in [0.2, 0.25) is 5.91 Å². The van der Waals surface area contributed by atoms with Gasteiger partial charge in [-0.25, -0.2) is 14.8 Å². The molecule has 0 spiro atoms. The standard InChI is InChI=1S/C28H31FN8O/c1-37(2)15-25(38)32-19-10-17(12-30-13-19)23-11-21-24(14-31-23)35-36-27(21)28-33-22-8-4-7-20(26(22)34-28)16-5-3-6-18(29)9-16/h3-10,12-13,21,23-24,27,31,35-36H,11,14-15H2,1-2H3,(H,32,38)(H,33,34). The van der Waals surface area contributed by atoms with Crippen LogP contribution in [-0.4, -0.2) is 59.0 Å². The number of anilines is 1.